The van der Waals surface area contributed by atoms with Crippen LogP contribution in [-0.4, -0.2) is 0 Å². The van der Waals surface area contributed by atoms with Gasteiger partial charge in [-0.05, 0) is 106 Å². The van der Waals surface area contributed by atoms with Crippen molar-refractivity contribution in [2.24, 2.45) is 0 Å². The minimum absolute atomic E-state index is 0.0255. The molecule has 318 valence electrons. The van der Waals surface area contributed by atoms with E-state index in [1.54, 1.807) is 0 Å². The van der Waals surface area contributed by atoms with Crippen LogP contribution in [0.4, 0.5) is 51.2 Å². The fourth-order valence-corrected chi connectivity index (χ4v) is 10.9. The highest BCUT2D eigenvalue weighted by Crippen LogP contribution is 2.54. The van der Waals surface area contributed by atoms with Crippen molar-refractivity contribution in [1.29, 1.82) is 0 Å². The molecule has 2 aromatic heterocycles. The van der Waals surface area contributed by atoms with E-state index in [4.69, 9.17) is 8.83 Å². The molecule has 0 fully saturated rings. The van der Waals surface area contributed by atoms with Gasteiger partial charge in [0.1, 0.15) is 11.2 Å². The number of nitrogens with zero attached hydrogens (tertiary/aromatic N) is 3. The van der Waals surface area contributed by atoms with Gasteiger partial charge in [0.2, 0.25) is 0 Å². The second-order valence-corrected chi connectivity index (χ2v) is 18.9. The molecule has 67 heavy (non-hydrogen) atoms. The molecule has 6 bridgehead atoms. The lowest BCUT2D eigenvalue weighted by atomic mass is 9.83. The van der Waals surface area contributed by atoms with Crippen LogP contribution in [0.15, 0.2) is 215 Å². The van der Waals surface area contributed by atoms with Crippen LogP contribution < -0.4 is 14.7 Å². The maximum Gasteiger partial charge on any atom is 0.159 e. The molecule has 0 atom stereocenters. The van der Waals surface area contributed by atoms with Crippen molar-refractivity contribution in [3.8, 4) is 0 Å². The first-order chi connectivity index (χ1) is 32.9. The van der Waals surface area contributed by atoms with E-state index in [2.05, 4.69) is 230 Å². The first-order valence-electron chi connectivity index (χ1n) is 23.1. The Labute approximate surface area is 387 Å². The third-order valence-electron chi connectivity index (χ3n) is 14.0. The molecule has 3 heterocycles. The van der Waals surface area contributed by atoms with E-state index < -0.39 is 0 Å². The summed E-state index contributed by atoms with van der Waals surface area (Å²) in [5, 5.41) is 11.5. The first-order valence-corrected chi connectivity index (χ1v) is 23.1. The van der Waals surface area contributed by atoms with Crippen molar-refractivity contribution in [2.75, 3.05) is 14.7 Å². The SMILES string of the molecule is CC(C)(C)c1cc2ccc3c4cc(c5ccc(c1)c2c35)N(c1cccc2c1oc1ccccc12)c1cccc(c1)N(c1ccccc1)c1cccc(c1)N4c1cccc2c1oc1ccccc12. The lowest BCUT2D eigenvalue weighted by Crippen LogP contribution is -2.17. The van der Waals surface area contributed by atoms with Gasteiger partial charge in [-0.1, -0.05) is 148 Å². The number of rotatable bonds is 3. The van der Waals surface area contributed by atoms with Crippen molar-refractivity contribution in [3.63, 3.8) is 0 Å². The zero-order chi connectivity index (χ0) is 44.5. The van der Waals surface area contributed by atoms with E-state index in [-0.39, 0.29) is 5.41 Å². The maximum atomic E-state index is 6.94. The van der Waals surface area contributed by atoms with Crippen LogP contribution in [0.3, 0.4) is 0 Å². The van der Waals surface area contributed by atoms with E-state index in [0.717, 1.165) is 106 Å². The third kappa shape index (κ3) is 5.61. The summed E-state index contributed by atoms with van der Waals surface area (Å²) in [5.41, 5.74) is 13.8. The highest BCUT2D eigenvalue weighted by molar-refractivity contribution is 6.30. The first kappa shape index (κ1) is 37.8. The largest absolute Gasteiger partial charge is 0.454 e. The Balaban J connectivity index is 1.19. The van der Waals surface area contributed by atoms with E-state index in [1.165, 1.54) is 27.1 Å². The van der Waals surface area contributed by atoms with Gasteiger partial charge in [0.05, 0.1) is 22.7 Å². The Hall–Kier alpha value is -8.54. The second kappa shape index (κ2) is 14.0. The number of anilines is 9. The van der Waals surface area contributed by atoms with E-state index in [1.807, 2.05) is 12.1 Å². The van der Waals surface area contributed by atoms with Crippen LogP contribution in [0.1, 0.15) is 26.3 Å². The molecule has 5 nitrogen and oxygen atoms in total. The van der Waals surface area contributed by atoms with Crippen molar-refractivity contribution >= 4 is 127 Å². The molecule has 0 unspecified atom stereocenters. The van der Waals surface area contributed by atoms with Gasteiger partial charge < -0.3 is 23.5 Å². The number of benzene rings is 11. The summed E-state index contributed by atoms with van der Waals surface area (Å²) in [7, 11) is 0. The fourth-order valence-electron chi connectivity index (χ4n) is 10.9. The van der Waals surface area contributed by atoms with Gasteiger partial charge in [0.25, 0.3) is 0 Å². The quantitative estimate of drug-likeness (QED) is 0.165. The molecular formula is C62H43N3O2. The normalized spacial score (nSPS) is 13.2. The maximum absolute atomic E-state index is 6.94. The number of hydrogen-bond donors (Lipinski definition) is 0. The molecule has 14 rings (SSSR count). The predicted octanol–water partition coefficient (Wildman–Crippen LogP) is 18.4. The van der Waals surface area contributed by atoms with Crippen LogP contribution in [0, 0.1) is 0 Å². The summed E-state index contributed by atoms with van der Waals surface area (Å²) < 4.78 is 13.9. The highest BCUT2D eigenvalue weighted by atomic mass is 16.3. The van der Waals surface area contributed by atoms with Crippen molar-refractivity contribution < 1.29 is 8.83 Å². The molecule has 0 N–H and O–H groups in total. The topological polar surface area (TPSA) is 36.0 Å². The monoisotopic (exact) mass is 861 g/mol. The van der Waals surface area contributed by atoms with E-state index in [9.17, 15) is 0 Å². The van der Waals surface area contributed by atoms with Gasteiger partial charge in [0, 0.05) is 66.1 Å². The van der Waals surface area contributed by atoms with Gasteiger partial charge in [-0.25, -0.2) is 0 Å². The average molecular weight is 862 g/mol. The van der Waals surface area contributed by atoms with Gasteiger partial charge in [-0.2, -0.15) is 0 Å². The van der Waals surface area contributed by atoms with Gasteiger partial charge in [0.15, 0.2) is 11.2 Å². The van der Waals surface area contributed by atoms with Crippen LogP contribution in [-0.2, 0) is 5.41 Å². The van der Waals surface area contributed by atoms with E-state index >= 15 is 0 Å². The van der Waals surface area contributed by atoms with Crippen molar-refractivity contribution in [3.05, 3.63) is 212 Å². The summed E-state index contributed by atoms with van der Waals surface area (Å²) in [5.74, 6) is 0. The molecule has 11 aromatic carbocycles. The smallest absolute Gasteiger partial charge is 0.159 e. The lowest BCUT2D eigenvalue weighted by Gasteiger charge is -2.34. The third-order valence-corrected chi connectivity index (χ3v) is 14.0. The molecule has 0 radical (unpaired) electrons. The van der Waals surface area contributed by atoms with E-state index in [0.29, 0.717) is 0 Å². The molecule has 0 saturated carbocycles. The van der Waals surface area contributed by atoms with Crippen molar-refractivity contribution in [2.45, 2.75) is 26.2 Å². The summed E-state index contributed by atoms with van der Waals surface area (Å²) >= 11 is 0. The molecule has 0 amide bonds. The van der Waals surface area contributed by atoms with Crippen molar-refractivity contribution in [1.82, 2.24) is 0 Å². The number of para-hydroxylation sites is 5. The molecule has 1 aliphatic heterocycles. The summed E-state index contributed by atoms with van der Waals surface area (Å²) in [6.07, 6.45) is 0. The minimum atomic E-state index is -0.0255. The Morgan fingerprint density at radius 1 is 0.313 bits per heavy atom. The minimum Gasteiger partial charge on any atom is -0.454 e. The number of hydrogen-bond acceptors (Lipinski definition) is 5. The van der Waals surface area contributed by atoms with Gasteiger partial charge in [-0.15, -0.1) is 0 Å². The average Bonchev–Trinajstić information content (AvgIpc) is 3.94. The number of fused-ring (bicyclic) bond motifs is 14. The van der Waals surface area contributed by atoms with Gasteiger partial charge in [-0.3, -0.25) is 0 Å². The summed E-state index contributed by atoms with van der Waals surface area (Å²) in [4.78, 5) is 7.23. The molecule has 0 aliphatic carbocycles. The standard InChI is InChI=1S/C62H43N3O2/c1-62(2,3)40-33-38-29-31-50-54-37-55(51-32-30-39(34-40)58(38)59(50)51)65(53-26-14-24-49-47-22-8-10-28-57(47)67-61(49)53)45-20-12-18-43(36-45)63(41-15-5-4-6-16-41)42-17-11-19-44(35-42)64(54)52-25-13-23-48-46-21-7-9-27-56(46)66-60(48)52/h4-37H,1-3H3. The molecule has 0 saturated heterocycles. The predicted molar refractivity (Wildman–Crippen MR) is 281 cm³/mol. The molecular weight excluding hydrogens is 819 g/mol. The van der Waals surface area contributed by atoms with Crippen LogP contribution >= 0.6 is 0 Å². The Morgan fingerprint density at radius 2 is 0.746 bits per heavy atom. The Bertz CT molecular complexity index is 3890. The zero-order valence-corrected chi connectivity index (χ0v) is 37.3. The Morgan fingerprint density at radius 3 is 1.25 bits per heavy atom. The zero-order valence-electron chi connectivity index (χ0n) is 37.3. The van der Waals surface area contributed by atoms with Crippen LogP contribution in [0.2, 0.25) is 0 Å². The fraction of sp³-hybridized carbons (Fsp3) is 0.0645. The summed E-state index contributed by atoms with van der Waals surface area (Å²) in [6.45, 7) is 6.90. The summed E-state index contributed by atoms with van der Waals surface area (Å²) in [6, 6.07) is 75.0. The van der Waals surface area contributed by atoms with Gasteiger partial charge >= 0.3 is 0 Å². The lowest BCUT2D eigenvalue weighted by molar-refractivity contribution is 0.591. The Kier molecular flexibility index (Phi) is 7.89. The molecule has 13 aromatic rings. The molecule has 1 aliphatic rings. The number of furan rings is 2. The molecule has 5 heteroatoms. The second-order valence-electron chi connectivity index (χ2n) is 18.9. The highest BCUT2D eigenvalue weighted by Gasteiger charge is 2.30. The van der Waals surface area contributed by atoms with Crippen LogP contribution in [0.5, 0.6) is 0 Å². The van der Waals surface area contributed by atoms with Crippen LogP contribution in [0.25, 0.3) is 76.2 Å². The molecule has 0 spiro atoms.